The van der Waals surface area contributed by atoms with Crippen molar-refractivity contribution in [3.63, 3.8) is 0 Å². The summed E-state index contributed by atoms with van der Waals surface area (Å²) >= 11 is 0. The zero-order valence-corrected chi connectivity index (χ0v) is 22.2. The number of nitrogens with zero attached hydrogens (tertiary/aromatic N) is 4. The van der Waals surface area contributed by atoms with Gasteiger partial charge in [-0.1, -0.05) is 0 Å². The second kappa shape index (κ2) is 11.0. The van der Waals surface area contributed by atoms with E-state index < -0.39 is 22.0 Å². The molecule has 198 valence electrons. The molecular weight excluding hydrogens is 478 g/mol. The SMILES string of the molecule is CCN(c1nc(C)ccc1S(=O)(=O)N1CCC[C@H]1C(=O)N(C)C1CCC(F)(F)CC1)C(C)COC. The van der Waals surface area contributed by atoms with Crippen LogP contribution in [0.25, 0.3) is 0 Å². The van der Waals surface area contributed by atoms with Crippen LogP contribution in [0.1, 0.15) is 58.1 Å². The molecule has 3 rings (SSSR count). The fourth-order valence-corrected chi connectivity index (χ4v) is 6.95. The monoisotopic (exact) mass is 516 g/mol. The number of aromatic nitrogens is 1. The van der Waals surface area contributed by atoms with Gasteiger partial charge in [-0.05, 0) is 58.6 Å². The number of alkyl halides is 2. The quantitative estimate of drug-likeness (QED) is 0.500. The summed E-state index contributed by atoms with van der Waals surface area (Å²) in [5.74, 6) is -2.68. The van der Waals surface area contributed by atoms with Gasteiger partial charge in [0, 0.05) is 51.8 Å². The lowest BCUT2D eigenvalue weighted by Gasteiger charge is -2.37. The summed E-state index contributed by atoms with van der Waals surface area (Å²) in [6.45, 7) is 6.83. The van der Waals surface area contributed by atoms with E-state index in [0.717, 1.165) is 0 Å². The van der Waals surface area contributed by atoms with E-state index in [9.17, 15) is 22.0 Å². The number of methoxy groups -OCH3 is 1. The van der Waals surface area contributed by atoms with Gasteiger partial charge in [0.05, 0.1) is 12.6 Å². The molecule has 0 radical (unpaired) electrons. The molecule has 35 heavy (non-hydrogen) atoms. The van der Waals surface area contributed by atoms with Crippen molar-refractivity contribution in [2.75, 3.05) is 38.8 Å². The second-order valence-corrected chi connectivity index (χ2v) is 11.5. The molecule has 1 aromatic heterocycles. The molecule has 2 fully saturated rings. The normalized spacial score (nSPS) is 22.2. The Bertz CT molecular complexity index is 997. The van der Waals surface area contributed by atoms with Crippen molar-refractivity contribution >= 4 is 21.7 Å². The predicted molar refractivity (Wildman–Crippen MR) is 130 cm³/mol. The molecule has 1 aliphatic heterocycles. The molecule has 1 aromatic rings. The van der Waals surface area contributed by atoms with Gasteiger partial charge < -0.3 is 14.5 Å². The Kier molecular flexibility index (Phi) is 8.75. The Labute approximate surface area is 207 Å². The highest BCUT2D eigenvalue weighted by molar-refractivity contribution is 7.89. The number of carbonyl (C=O) groups is 1. The van der Waals surface area contributed by atoms with E-state index in [1.54, 1.807) is 33.2 Å². The zero-order chi connectivity index (χ0) is 26.0. The topological polar surface area (TPSA) is 83.1 Å². The van der Waals surface area contributed by atoms with Gasteiger partial charge in [-0.15, -0.1) is 0 Å². The number of aryl methyl sites for hydroxylation is 1. The molecule has 1 saturated carbocycles. The fraction of sp³-hybridized carbons (Fsp3) is 0.750. The van der Waals surface area contributed by atoms with Crippen molar-refractivity contribution in [2.45, 2.75) is 88.2 Å². The molecule has 8 nitrogen and oxygen atoms in total. The molecule has 11 heteroatoms. The minimum absolute atomic E-state index is 0.0626. The lowest BCUT2D eigenvalue weighted by molar-refractivity contribution is -0.138. The maximum absolute atomic E-state index is 13.9. The third-order valence-electron chi connectivity index (χ3n) is 7.19. The van der Waals surface area contributed by atoms with E-state index in [1.807, 2.05) is 18.7 Å². The highest BCUT2D eigenvalue weighted by Gasteiger charge is 2.44. The number of carbonyl (C=O) groups excluding carboxylic acids is 1. The lowest BCUT2D eigenvalue weighted by Crippen LogP contribution is -2.51. The maximum atomic E-state index is 13.9. The Morgan fingerprint density at radius 2 is 1.94 bits per heavy atom. The number of rotatable bonds is 9. The number of ether oxygens (including phenoxy) is 1. The average molecular weight is 517 g/mol. The second-order valence-electron chi connectivity index (χ2n) is 9.67. The molecule has 0 N–H and O–H groups in total. The smallest absolute Gasteiger partial charge is 0.248 e. The molecule has 1 aliphatic carbocycles. The number of likely N-dealkylation sites (N-methyl/N-ethyl adjacent to an activating group) is 2. The first-order chi connectivity index (χ1) is 16.4. The van der Waals surface area contributed by atoms with Crippen LogP contribution in [0.3, 0.4) is 0 Å². The molecule has 2 aliphatic rings. The summed E-state index contributed by atoms with van der Waals surface area (Å²) in [5.41, 5.74) is 0.685. The molecule has 0 spiro atoms. The van der Waals surface area contributed by atoms with Gasteiger partial charge in [0.15, 0.2) is 0 Å². The van der Waals surface area contributed by atoms with Crippen molar-refractivity contribution in [3.05, 3.63) is 17.8 Å². The van der Waals surface area contributed by atoms with Crippen LogP contribution in [0, 0.1) is 6.92 Å². The third-order valence-corrected chi connectivity index (χ3v) is 9.12. The minimum Gasteiger partial charge on any atom is -0.383 e. The zero-order valence-electron chi connectivity index (χ0n) is 21.3. The van der Waals surface area contributed by atoms with Crippen molar-refractivity contribution in [2.24, 2.45) is 0 Å². The first kappa shape index (κ1) is 27.7. The number of halogens is 2. The molecule has 0 bridgehead atoms. The lowest BCUT2D eigenvalue weighted by atomic mass is 9.91. The van der Waals surface area contributed by atoms with Crippen molar-refractivity contribution in [1.82, 2.24) is 14.2 Å². The molecular formula is C24H38F2N4O4S. The Morgan fingerprint density at radius 1 is 1.29 bits per heavy atom. The van der Waals surface area contributed by atoms with E-state index in [2.05, 4.69) is 4.98 Å². The van der Waals surface area contributed by atoms with Gasteiger partial charge >= 0.3 is 0 Å². The van der Waals surface area contributed by atoms with Gasteiger partial charge in [0.1, 0.15) is 16.8 Å². The highest BCUT2D eigenvalue weighted by atomic mass is 32.2. The van der Waals surface area contributed by atoms with Crippen LogP contribution in [0.2, 0.25) is 0 Å². The van der Waals surface area contributed by atoms with Crippen LogP contribution in [-0.4, -0.2) is 86.4 Å². The van der Waals surface area contributed by atoms with Crippen molar-refractivity contribution in [1.29, 1.82) is 0 Å². The van der Waals surface area contributed by atoms with Gasteiger partial charge in [0.2, 0.25) is 21.9 Å². The van der Waals surface area contributed by atoms with E-state index in [-0.39, 0.29) is 55.1 Å². The first-order valence-corrected chi connectivity index (χ1v) is 13.8. The largest absolute Gasteiger partial charge is 0.383 e. The number of pyridine rings is 1. The fourth-order valence-electron chi connectivity index (χ4n) is 5.17. The van der Waals surface area contributed by atoms with Gasteiger partial charge in [-0.25, -0.2) is 22.2 Å². The molecule has 2 heterocycles. The predicted octanol–water partition coefficient (Wildman–Crippen LogP) is 3.44. The molecule has 2 atom stereocenters. The van der Waals surface area contributed by atoms with Gasteiger partial charge in [0.25, 0.3) is 0 Å². The minimum atomic E-state index is -4.05. The van der Waals surface area contributed by atoms with E-state index in [0.29, 0.717) is 37.5 Å². The molecule has 1 saturated heterocycles. The van der Waals surface area contributed by atoms with Crippen LogP contribution in [0.5, 0.6) is 0 Å². The van der Waals surface area contributed by atoms with Crippen molar-refractivity contribution in [3.8, 4) is 0 Å². The maximum Gasteiger partial charge on any atom is 0.248 e. The average Bonchev–Trinajstić information content (AvgIpc) is 3.30. The first-order valence-electron chi connectivity index (χ1n) is 12.3. The number of amides is 1. The van der Waals surface area contributed by atoms with Gasteiger partial charge in [-0.3, -0.25) is 4.79 Å². The van der Waals surface area contributed by atoms with E-state index in [4.69, 9.17) is 4.74 Å². The third kappa shape index (κ3) is 5.94. The van der Waals surface area contributed by atoms with Crippen LogP contribution in [0.4, 0.5) is 14.6 Å². The summed E-state index contributed by atoms with van der Waals surface area (Å²) in [6.07, 6.45) is 0.864. The summed E-state index contributed by atoms with van der Waals surface area (Å²) in [4.78, 5) is 21.4. The highest BCUT2D eigenvalue weighted by Crippen LogP contribution is 2.37. The van der Waals surface area contributed by atoms with Crippen LogP contribution in [-0.2, 0) is 19.6 Å². The van der Waals surface area contributed by atoms with Crippen LogP contribution >= 0.6 is 0 Å². The summed E-state index contributed by atoms with van der Waals surface area (Å²) in [7, 11) is -0.852. The summed E-state index contributed by atoms with van der Waals surface area (Å²) < 4.78 is 61.6. The number of sulfonamides is 1. The van der Waals surface area contributed by atoms with E-state index in [1.165, 1.54) is 9.21 Å². The Morgan fingerprint density at radius 3 is 2.54 bits per heavy atom. The number of hydrogen-bond acceptors (Lipinski definition) is 6. The molecule has 0 aromatic carbocycles. The molecule has 1 unspecified atom stereocenters. The van der Waals surface area contributed by atoms with Gasteiger partial charge in [-0.2, -0.15) is 4.31 Å². The molecule has 1 amide bonds. The van der Waals surface area contributed by atoms with Crippen LogP contribution in [0.15, 0.2) is 17.0 Å². The van der Waals surface area contributed by atoms with E-state index >= 15 is 0 Å². The van der Waals surface area contributed by atoms with Crippen molar-refractivity contribution < 1.29 is 26.7 Å². The summed E-state index contributed by atoms with van der Waals surface area (Å²) in [5, 5.41) is 0. The number of hydrogen-bond donors (Lipinski definition) is 0. The van der Waals surface area contributed by atoms with Crippen LogP contribution < -0.4 is 4.90 Å². The Balaban J connectivity index is 1.89. The Hall–Kier alpha value is -1.85. The summed E-state index contributed by atoms with van der Waals surface area (Å²) in [6, 6.07) is 1.94. The standard InChI is InChI=1S/C24H38F2N4O4S/c1-6-29(18(3)16-34-5)22-21(10-9-17(2)27-22)35(32,33)30-15-7-8-20(30)23(31)28(4)19-11-13-24(25,26)14-12-19/h9-10,18-20H,6-8,11-16H2,1-5H3/t18?,20-/m0/s1. The number of anilines is 1.